The molecular weight excluding hydrogens is 272 g/mol. The molecule has 3 fully saturated rings. The van der Waals surface area contributed by atoms with Crippen molar-refractivity contribution in [2.24, 2.45) is 5.92 Å². The molecule has 0 aromatic rings. The van der Waals surface area contributed by atoms with Crippen molar-refractivity contribution in [3.8, 4) is 0 Å². The Balaban J connectivity index is 1.40. The van der Waals surface area contributed by atoms with E-state index in [1.807, 2.05) is 0 Å². The van der Waals surface area contributed by atoms with Crippen molar-refractivity contribution in [3.63, 3.8) is 0 Å². The van der Waals surface area contributed by atoms with Gasteiger partial charge >= 0.3 is 0 Å². The van der Waals surface area contributed by atoms with E-state index in [9.17, 15) is 14.9 Å². The molecule has 1 saturated heterocycles. The summed E-state index contributed by atoms with van der Waals surface area (Å²) in [4.78, 5) is 24.3. The van der Waals surface area contributed by atoms with Gasteiger partial charge in [-0.2, -0.15) is 0 Å². The van der Waals surface area contributed by atoms with E-state index in [1.54, 1.807) is 4.90 Å². The molecular formula is C15H24N2O4. The first kappa shape index (κ1) is 14.8. The van der Waals surface area contributed by atoms with Crippen LogP contribution in [0.5, 0.6) is 0 Å². The highest BCUT2D eigenvalue weighted by Crippen LogP contribution is 2.35. The average Bonchev–Trinajstić information content (AvgIpc) is 3.29. The minimum absolute atomic E-state index is 0.0205. The minimum atomic E-state index is -0.631. The number of rotatable bonds is 4. The lowest BCUT2D eigenvalue weighted by Crippen LogP contribution is -2.43. The molecule has 2 atom stereocenters. The summed E-state index contributed by atoms with van der Waals surface area (Å²) in [5, 5.41) is 10.6. The van der Waals surface area contributed by atoms with Crippen LogP contribution in [-0.2, 0) is 9.53 Å². The van der Waals surface area contributed by atoms with Gasteiger partial charge in [-0.05, 0) is 25.7 Å². The Bertz CT molecular complexity index is 400. The third-order valence-corrected chi connectivity index (χ3v) is 5.04. The fourth-order valence-electron chi connectivity index (χ4n) is 3.60. The van der Waals surface area contributed by atoms with E-state index in [1.165, 1.54) is 32.1 Å². The van der Waals surface area contributed by atoms with Crippen molar-refractivity contribution < 1.29 is 14.5 Å². The van der Waals surface area contributed by atoms with E-state index >= 15 is 0 Å². The van der Waals surface area contributed by atoms with Crippen molar-refractivity contribution in [1.29, 1.82) is 0 Å². The Hall–Kier alpha value is -1.17. The number of nitrogens with zero attached hydrogens (tertiary/aromatic N) is 2. The van der Waals surface area contributed by atoms with E-state index in [-0.39, 0.29) is 22.9 Å². The summed E-state index contributed by atoms with van der Waals surface area (Å²) in [7, 11) is 0. The Morgan fingerprint density at radius 3 is 2.24 bits per heavy atom. The molecule has 0 radical (unpaired) electrons. The summed E-state index contributed by atoms with van der Waals surface area (Å²) in [5.41, 5.74) is 0. The molecule has 2 aliphatic carbocycles. The zero-order valence-electron chi connectivity index (χ0n) is 12.4. The molecule has 0 aromatic carbocycles. The van der Waals surface area contributed by atoms with Crippen molar-refractivity contribution in [2.75, 3.05) is 13.1 Å². The first-order chi connectivity index (χ1) is 10.1. The van der Waals surface area contributed by atoms with E-state index in [2.05, 4.69) is 0 Å². The van der Waals surface area contributed by atoms with E-state index < -0.39 is 6.04 Å². The molecule has 0 aromatic heterocycles. The zero-order chi connectivity index (χ0) is 14.8. The Kier molecular flexibility index (Phi) is 4.42. The Morgan fingerprint density at radius 1 is 1.05 bits per heavy atom. The summed E-state index contributed by atoms with van der Waals surface area (Å²) in [6, 6.07) is -0.631. The molecule has 1 amide bonds. The van der Waals surface area contributed by atoms with Crippen molar-refractivity contribution in [1.82, 2.24) is 4.90 Å². The van der Waals surface area contributed by atoms with Gasteiger partial charge in [-0.25, -0.2) is 0 Å². The highest BCUT2D eigenvalue weighted by molar-refractivity contribution is 5.82. The number of hydrogen-bond donors (Lipinski definition) is 0. The van der Waals surface area contributed by atoms with Gasteiger partial charge in [-0.1, -0.05) is 19.3 Å². The number of carbonyl (C=O) groups is 1. The quantitative estimate of drug-likeness (QED) is 0.587. The molecule has 0 spiro atoms. The van der Waals surface area contributed by atoms with Crippen LogP contribution in [0.1, 0.15) is 51.4 Å². The molecule has 0 unspecified atom stereocenters. The number of likely N-dealkylation sites (tertiary alicyclic amines) is 1. The summed E-state index contributed by atoms with van der Waals surface area (Å²) < 4.78 is 6.15. The van der Waals surface area contributed by atoms with Crippen LogP contribution in [0.3, 0.4) is 0 Å². The van der Waals surface area contributed by atoms with Gasteiger partial charge in [0.1, 0.15) is 5.92 Å². The summed E-state index contributed by atoms with van der Waals surface area (Å²) >= 11 is 0. The van der Waals surface area contributed by atoms with Gasteiger partial charge in [0.15, 0.2) is 0 Å². The van der Waals surface area contributed by atoms with Crippen molar-refractivity contribution in [3.05, 3.63) is 10.1 Å². The van der Waals surface area contributed by atoms with Crippen LogP contribution in [-0.4, -0.2) is 47.1 Å². The highest BCUT2D eigenvalue weighted by Gasteiger charge is 2.54. The third-order valence-electron chi connectivity index (χ3n) is 5.04. The van der Waals surface area contributed by atoms with Gasteiger partial charge in [-0.3, -0.25) is 14.9 Å². The number of carbonyl (C=O) groups excluding carboxylic acids is 1. The van der Waals surface area contributed by atoms with Crippen LogP contribution in [0.25, 0.3) is 0 Å². The Labute approximate surface area is 125 Å². The summed E-state index contributed by atoms with van der Waals surface area (Å²) in [6.45, 7) is 1.38. The summed E-state index contributed by atoms with van der Waals surface area (Å²) in [5.74, 6) is -0.386. The molecule has 118 valence electrons. The van der Waals surface area contributed by atoms with Crippen LogP contribution >= 0.6 is 0 Å². The minimum Gasteiger partial charge on any atom is -0.375 e. The molecule has 21 heavy (non-hydrogen) atoms. The van der Waals surface area contributed by atoms with Crippen LogP contribution in [0.4, 0.5) is 0 Å². The number of piperidine rings is 1. The average molecular weight is 296 g/mol. The van der Waals surface area contributed by atoms with Gasteiger partial charge in [0.2, 0.25) is 11.9 Å². The van der Waals surface area contributed by atoms with Crippen LogP contribution in [0.2, 0.25) is 0 Å². The Morgan fingerprint density at radius 2 is 1.67 bits per heavy atom. The van der Waals surface area contributed by atoms with Crippen LogP contribution in [0.15, 0.2) is 0 Å². The second-order valence-corrected chi connectivity index (χ2v) is 6.62. The van der Waals surface area contributed by atoms with Crippen molar-refractivity contribution in [2.45, 2.75) is 69.6 Å². The first-order valence-electron chi connectivity index (χ1n) is 8.23. The van der Waals surface area contributed by atoms with E-state index in [4.69, 9.17) is 4.74 Å². The van der Waals surface area contributed by atoms with Gasteiger partial charge in [0.05, 0.1) is 12.2 Å². The number of ether oxygens (including phenoxy) is 1. The smallest absolute Gasteiger partial charge is 0.232 e. The fourth-order valence-corrected chi connectivity index (χ4v) is 3.60. The second kappa shape index (κ2) is 6.30. The molecule has 2 saturated carbocycles. The first-order valence-corrected chi connectivity index (χ1v) is 8.23. The molecule has 1 aliphatic heterocycles. The van der Waals surface area contributed by atoms with Crippen LogP contribution in [0, 0.1) is 16.0 Å². The normalized spacial score (nSPS) is 31.1. The third kappa shape index (κ3) is 3.54. The lowest BCUT2D eigenvalue weighted by atomic mass is 9.97. The highest BCUT2D eigenvalue weighted by atomic mass is 16.6. The molecule has 1 heterocycles. The van der Waals surface area contributed by atoms with E-state index in [0.717, 1.165) is 12.8 Å². The lowest BCUT2D eigenvalue weighted by molar-refractivity contribution is -0.497. The van der Waals surface area contributed by atoms with Gasteiger partial charge in [-0.15, -0.1) is 0 Å². The molecule has 0 bridgehead atoms. The molecule has 3 aliphatic rings. The second-order valence-electron chi connectivity index (χ2n) is 6.62. The standard InChI is InChI=1S/C15H24N2O4/c18-15(13-10-14(13)17(19)20)16-8-6-12(7-9-16)21-11-4-2-1-3-5-11/h11-14H,1-10H2/t13-,14+/m1/s1. The van der Waals surface area contributed by atoms with Gasteiger partial charge in [0, 0.05) is 24.4 Å². The predicted octanol–water partition coefficient (Wildman–Crippen LogP) is 1.99. The maximum absolute atomic E-state index is 12.2. The van der Waals surface area contributed by atoms with Crippen LogP contribution < -0.4 is 0 Å². The number of amides is 1. The summed E-state index contributed by atoms with van der Waals surface area (Å²) in [6.07, 6.45) is 9.05. The largest absolute Gasteiger partial charge is 0.375 e. The van der Waals surface area contributed by atoms with Gasteiger partial charge < -0.3 is 9.64 Å². The van der Waals surface area contributed by atoms with Gasteiger partial charge in [0.25, 0.3) is 0 Å². The number of nitro groups is 1. The topological polar surface area (TPSA) is 72.7 Å². The maximum Gasteiger partial charge on any atom is 0.232 e. The lowest BCUT2D eigenvalue weighted by Gasteiger charge is -2.35. The molecule has 6 nitrogen and oxygen atoms in total. The molecule has 6 heteroatoms. The molecule has 3 rings (SSSR count). The van der Waals surface area contributed by atoms with E-state index in [0.29, 0.717) is 25.6 Å². The SMILES string of the molecule is O=C([C@@H]1C[C@@H]1[N+](=O)[O-])N1CCC(OC2CCCCC2)CC1. The number of hydrogen-bond acceptors (Lipinski definition) is 4. The fraction of sp³-hybridized carbons (Fsp3) is 0.933. The van der Waals surface area contributed by atoms with Crippen molar-refractivity contribution >= 4 is 5.91 Å². The zero-order valence-corrected chi connectivity index (χ0v) is 12.4. The maximum atomic E-state index is 12.2. The predicted molar refractivity (Wildman–Crippen MR) is 76.4 cm³/mol. The molecule has 0 N–H and O–H groups in total. The monoisotopic (exact) mass is 296 g/mol.